The Hall–Kier alpha value is -0.830. The standard InChI is InChI=1S/C14H27N3/c1-5-7-8-9-13(15-10-6-2)14-11-12(3)16-17(14)4/h11,13,15H,5-10H2,1-4H3. The van der Waals surface area contributed by atoms with Gasteiger partial charge in [-0.2, -0.15) is 5.10 Å². The second kappa shape index (κ2) is 7.49. The molecule has 1 unspecified atom stereocenters. The first-order valence-corrected chi connectivity index (χ1v) is 6.93. The van der Waals surface area contributed by atoms with Crippen LogP contribution in [0.25, 0.3) is 0 Å². The van der Waals surface area contributed by atoms with Crippen LogP contribution in [0.1, 0.15) is 63.4 Å². The molecule has 0 saturated heterocycles. The van der Waals surface area contributed by atoms with E-state index in [-0.39, 0.29) is 0 Å². The summed E-state index contributed by atoms with van der Waals surface area (Å²) in [6.45, 7) is 7.61. The maximum atomic E-state index is 4.44. The Balaban J connectivity index is 2.64. The molecule has 0 aliphatic heterocycles. The van der Waals surface area contributed by atoms with Gasteiger partial charge < -0.3 is 5.32 Å². The van der Waals surface area contributed by atoms with Crippen molar-refractivity contribution in [2.45, 2.75) is 58.9 Å². The van der Waals surface area contributed by atoms with Gasteiger partial charge in [-0.1, -0.05) is 33.1 Å². The van der Waals surface area contributed by atoms with Crippen molar-refractivity contribution in [3.05, 3.63) is 17.5 Å². The minimum atomic E-state index is 0.465. The summed E-state index contributed by atoms with van der Waals surface area (Å²) in [5, 5.41) is 8.08. The molecule has 0 saturated carbocycles. The maximum absolute atomic E-state index is 4.44. The Labute approximate surface area is 106 Å². The second-order valence-electron chi connectivity index (χ2n) is 4.84. The molecule has 0 radical (unpaired) electrons. The van der Waals surface area contributed by atoms with Gasteiger partial charge in [0.1, 0.15) is 0 Å². The summed E-state index contributed by atoms with van der Waals surface area (Å²) >= 11 is 0. The molecule has 0 amide bonds. The molecule has 0 spiro atoms. The van der Waals surface area contributed by atoms with Crippen LogP contribution in [0.3, 0.4) is 0 Å². The molecule has 0 aliphatic rings. The highest BCUT2D eigenvalue weighted by Crippen LogP contribution is 2.20. The first-order chi connectivity index (χ1) is 8.19. The lowest BCUT2D eigenvalue weighted by atomic mass is 10.0. The first-order valence-electron chi connectivity index (χ1n) is 6.93. The summed E-state index contributed by atoms with van der Waals surface area (Å²) in [5.74, 6) is 0. The van der Waals surface area contributed by atoms with Crippen molar-refractivity contribution in [1.82, 2.24) is 15.1 Å². The van der Waals surface area contributed by atoms with E-state index in [1.165, 1.54) is 37.8 Å². The molecule has 17 heavy (non-hydrogen) atoms. The van der Waals surface area contributed by atoms with E-state index < -0.39 is 0 Å². The normalized spacial score (nSPS) is 12.9. The molecule has 3 heteroatoms. The van der Waals surface area contributed by atoms with Gasteiger partial charge in [-0.25, -0.2) is 0 Å². The molecule has 1 aromatic rings. The molecular weight excluding hydrogens is 210 g/mol. The summed E-state index contributed by atoms with van der Waals surface area (Å²) in [6.07, 6.45) is 6.29. The first kappa shape index (κ1) is 14.2. The quantitative estimate of drug-likeness (QED) is 0.703. The van der Waals surface area contributed by atoms with Crippen LogP contribution in [0.4, 0.5) is 0 Å². The van der Waals surface area contributed by atoms with Gasteiger partial charge in [-0.05, 0) is 32.4 Å². The van der Waals surface area contributed by atoms with E-state index in [2.05, 4.69) is 37.3 Å². The number of hydrogen-bond donors (Lipinski definition) is 1. The van der Waals surface area contributed by atoms with Gasteiger partial charge in [0.15, 0.2) is 0 Å². The molecule has 0 bridgehead atoms. The lowest BCUT2D eigenvalue weighted by Crippen LogP contribution is -2.24. The van der Waals surface area contributed by atoms with E-state index in [0.29, 0.717) is 6.04 Å². The van der Waals surface area contributed by atoms with Crippen molar-refractivity contribution < 1.29 is 0 Å². The monoisotopic (exact) mass is 237 g/mol. The van der Waals surface area contributed by atoms with E-state index >= 15 is 0 Å². The van der Waals surface area contributed by atoms with E-state index in [1.807, 2.05) is 11.7 Å². The van der Waals surface area contributed by atoms with Crippen LogP contribution < -0.4 is 5.32 Å². The Kier molecular flexibility index (Phi) is 6.27. The van der Waals surface area contributed by atoms with E-state index in [4.69, 9.17) is 0 Å². The summed E-state index contributed by atoms with van der Waals surface area (Å²) in [6, 6.07) is 2.67. The van der Waals surface area contributed by atoms with E-state index in [1.54, 1.807) is 0 Å². The number of aryl methyl sites for hydroxylation is 2. The molecule has 1 N–H and O–H groups in total. The number of nitrogens with zero attached hydrogens (tertiary/aromatic N) is 2. The van der Waals surface area contributed by atoms with Crippen LogP contribution >= 0.6 is 0 Å². The third-order valence-corrected chi connectivity index (χ3v) is 3.13. The number of unbranched alkanes of at least 4 members (excludes halogenated alkanes) is 2. The van der Waals surface area contributed by atoms with Crippen molar-refractivity contribution >= 4 is 0 Å². The smallest absolute Gasteiger partial charge is 0.0597 e. The van der Waals surface area contributed by atoms with Gasteiger partial charge in [0.05, 0.1) is 11.4 Å². The fourth-order valence-corrected chi connectivity index (χ4v) is 2.23. The molecule has 0 aromatic carbocycles. The van der Waals surface area contributed by atoms with Gasteiger partial charge in [0.25, 0.3) is 0 Å². The predicted molar refractivity (Wildman–Crippen MR) is 73.1 cm³/mol. The Morgan fingerprint density at radius 2 is 2.06 bits per heavy atom. The number of aromatic nitrogens is 2. The largest absolute Gasteiger partial charge is 0.309 e. The van der Waals surface area contributed by atoms with Crippen LogP contribution in [0, 0.1) is 6.92 Å². The topological polar surface area (TPSA) is 29.9 Å². The summed E-state index contributed by atoms with van der Waals surface area (Å²) in [7, 11) is 2.04. The zero-order chi connectivity index (χ0) is 12.7. The van der Waals surface area contributed by atoms with E-state index in [9.17, 15) is 0 Å². The van der Waals surface area contributed by atoms with Gasteiger partial charge in [0, 0.05) is 13.1 Å². The molecule has 0 aliphatic carbocycles. The zero-order valence-corrected chi connectivity index (χ0v) is 11.8. The van der Waals surface area contributed by atoms with Crippen LogP contribution in [0.15, 0.2) is 6.07 Å². The van der Waals surface area contributed by atoms with Crippen LogP contribution in [0.2, 0.25) is 0 Å². The molecule has 1 aromatic heterocycles. The SMILES string of the molecule is CCCCCC(NCCC)c1cc(C)nn1C. The molecule has 98 valence electrons. The molecule has 1 heterocycles. The molecular formula is C14H27N3. The molecule has 0 fully saturated rings. The number of hydrogen-bond acceptors (Lipinski definition) is 2. The highest BCUT2D eigenvalue weighted by atomic mass is 15.3. The van der Waals surface area contributed by atoms with Crippen LogP contribution in [0.5, 0.6) is 0 Å². The highest BCUT2D eigenvalue weighted by Gasteiger charge is 2.14. The van der Waals surface area contributed by atoms with Crippen molar-refractivity contribution in [2.75, 3.05) is 6.54 Å². The maximum Gasteiger partial charge on any atom is 0.0597 e. The van der Waals surface area contributed by atoms with Crippen molar-refractivity contribution in [1.29, 1.82) is 0 Å². The highest BCUT2D eigenvalue weighted by molar-refractivity contribution is 5.13. The zero-order valence-electron chi connectivity index (χ0n) is 11.8. The fraction of sp³-hybridized carbons (Fsp3) is 0.786. The lowest BCUT2D eigenvalue weighted by molar-refractivity contribution is 0.448. The molecule has 1 rings (SSSR count). The third kappa shape index (κ3) is 4.50. The van der Waals surface area contributed by atoms with Crippen molar-refractivity contribution in [3.63, 3.8) is 0 Å². The van der Waals surface area contributed by atoms with E-state index in [0.717, 1.165) is 12.2 Å². The summed E-state index contributed by atoms with van der Waals surface area (Å²) in [4.78, 5) is 0. The van der Waals surface area contributed by atoms with Gasteiger partial charge in [0.2, 0.25) is 0 Å². The number of rotatable bonds is 8. The van der Waals surface area contributed by atoms with Crippen LogP contribution in [-0.4, -0.2) is 16.3 Å². The third-order valence-electron chi connectivity index (χ3n) is 3.13. The summed E-state index contributed by atoms with van der Waals surface area (Å²) < 4.78 is 2.02. The minimum absolute atomic E-state index is 0.465. The second-order valence-corrected chi connectivity index (χ2v) is 4.84. The lowest BCUT2D eigenvalue weighted by Gasteiger charge is -2.18. The average molecular weight is 237 g/mol. The Morgan fingerprint density at radius 1 is 1.29 bits per heavy atom. The molecule has 1 atom stereocenters. The number of nitrogens with one attached hydrogen (secondary N) is 1. The fourth-order valence-electron chi connectivity index (χ4n) is 2.23. The Bertz CT molecular complexity index is 317. The Morgan fingerprint density at radius 3 is 2.59 bits per heavy atom. The van der Waals surface area contributed by atoms with Crippen molar-refractivity contribution in [3.8, 4) is 0 Å². The van der Waals surface area contributed by atoms with Crippen molar-refractivity contribution in [2.24, 2.45) is 7.05 Å². The van der Waals surface area contributed by atoms with Crippen LogP contribution in [-0.2, 0) is 7.05 Å². The van der Waals surface area contributed by atoms with Gasteiger partial charge >= 0.3 is 0 Å². The minimum Gasteiger partial charge on any atom is -0.309 e. The average Bonchev–Trinajstić information content (AvgIpc) is 2.63. The van der Waals surface area contributed by atoms with Gasteiger partial charge in [-0.15, -0.1) is 0 Å². The summed E-state index contributed by atoms with van der Waals surface area (Å²) in [5.41, 5.74) is 2.44. The molecule has 3 nitrogen and oxygen atoms in total. The predicted octanol–water partition coefficient (Wildman–Crippen LogP) is 3.35. The van der Waals surface area contributed by atoms with Gasteiger partial charge in [-0.3, -0.25) is 4.68 Å².